The van der Waals surface area contributed by atoms with Crippen LogP contribution < -0.4 is 0 Å². The number of hydrogen-bond acceptors (Lipinski definition) is 3. The summed E-state index contributed by atoms with van der Waals surface area (Å²) in [5.74, 6) is 1.47. The molecular weight excluding hydrogens is 741 g/mol. The van der Waals surface area contributed by atoms with Crippen molar-refractivity contribution in [3.05, 3.63) is 239 Å². The molecule has 0 amide bonds. The van der Waals surface area contributed by atoms with E-state index in [0.29, 0.717) is 5.82 Å². The van der Waals surface area contributed by atoms with Gasteiger partial charge in [0.1, 0.15) is 0 Å². The molecule has 1 aromatic heterocycles. The highest BCUT2D eigenvalue weighted by Crippen LogP contribution is 2.42. The molecule has 0 spiro atoms. The van der Waals surface area contributed by atoms with Crippen LogP contribution in [0.5, 0.6) is 0 Å². The van der Waals surface area contributed by atoms with E-state index in [2.05, 4.69) is 208 Å². The van der Waals surface area contributed by atoms with E-state index < -0.39 is 0 Å². The molecule has 4 heteroatoms. The molecule has 2 heterocycles. The van der Waals surface area contributed by atoms with Gasteiger partial charge in [0.15, 0.2) is 5.82 Å². The van der Waals surface area contributed by atoms with Gasteiger partial charge in [0, 0.05) is 28.1 Å². The number of benzene rings is 8. The molecule has 1 atom stereocenters. The average Bonchev–Trinajstić information content (AvgIpc) is 3.35. The van der Waals surface area contributed by atoms with E-state index in [4.69, 9.17) is 20.3 Å². The summed E-state index contributed by atoms with van der Waals surface area (Å²) in [6.45, 7) is 4.60. The van der Waals surface area contributed by atoms with Gasteiger partial charge < -0.3 is 10.3 Å². The van der Waals surface area contributed by atoms with Crippen LogP contribution in [0.25, 0.3) is 66.5 Å². The zero-order chi connectivity index (χ0) is 41.2. The topological polar surface area (TPSA) is 52.2 Å². The van der Waals surface area contributed by atoms with Gasteiger partial charge in [-0.3, -0.25) is 0 Å². The molecule has 10 rings (SSSR count). The lowest BCUT2D eigenvalue weighted by molar-refractivity contribution is 0.478. The van der Waals surface area contributed by atoms with Gasteiger partial charge in [0.05, 0.1) is 11.4 Å². The monoisotopic (exact) mass is 785 g/mol. The molecule has 1 aliphatic heterocycles. The van der Waals surface area contributed by atoms with Crippen molar-refractivity contribution < 1.29 is 0 Å². The Bertz CT molecular complexity index is 3050. The third-order valence-corrected chi connectivity index (χ3v) is 12.4. The Morgan fingerprint density at radius 3 is 1.51 bits per heavy atom. The van der Waals surface area contributed by atoms with Crippen molar-refractivity contribution in [3.8, 4) is 33.9 Å². The molecule has 0 saturated heterocycles. The number of fused-ring (bicyclic) bond motifs is 2. The first-order chi connectivity index (χ1) is 30.1. The van der Waals surface area contributed by atoms with Crippen molar-refractivity contribution in [1.82, 2.24) is 9.97 Å². The van der Waals surface area contributed by atoms with Crippen LogP contribution in [0.1, 0.15) is 60.5 Å². The third-order valence-electron chi connectivity index (χ3n) is 12.4. The standard InChI is InChI=1S/C57H45N4/c1-3-57(4-2,49-31-27-43(28-32-49)53-37-51(41-17-7-5-8-18-41)58-55(60-53)47-25-23-39-15-11-13-21-45(39)35-47)50-33-29-44(30-34-50)54-38-52(42-19-9-6-10-20-42)59-56(61-54)48-26-24-40-16-12-14-22-46(40)36-48/h5-38,53H,3-4H2,1-2H3/q-1. The van der Waals surface area contributed by atoms with E-state index in [0.717, 1.165) is 69.1 Å². The molecule has 61 heavy (non-hydrogen) atoms. The molecule has 0 N–H and O–H groups in total. The van der Waals surface area contributed by atoms with E-state index in [1.807, 2.05) is 12.1 Å². The van der Waals surface area contributed by atoms with Gasteiger partial charge >= 0.3 is 0 Å². The highest BCUT2D eigenvalue weighted by atomic mass is 15.0. The minimum absolute atomic E-state index is 0.166. The number of nitrogens with zero attached hydrogens (tertiary/aromatic N) is 4. The van der Waals surface area contributed by atoms with Crippen molar-refractivity contribution >= 4 is 33.1 Å². The molecule has 294 valence electrons. The highest BCUT2D eigenvalue weighted by Gasteiger charge is 2.31. The second-order valence-corrected chi connectivity index (χ2v) is 15.9. The van der Waals surface area contributed by atoms with Gasteiger partial charge in [0.25, 0.3) is 0 Å². The van der Waals surface area contributed by atoms with Crippen molar-refractivity contribution in [3.63, 3.8) is 0 Å². The number of rotatable bonds is 10. The Labute approximate surface area is 358 Å². The predicted molar refractivity (Wildman–Crippen MR) is 255 cm³/mol. The Balaban J connectivity index is 0.969. The normalized spacial score (nSPS) is 14.0. The summed E-state index contributed by atoms with van der Waals surface area (Å²) >= 11 is 0. The summed E-state index contributed by atoms with van der Waals surface area (Å²) in [6.07, 6.45) is 4.12. The molecule has 1 unspecified atom stereocenters. The molecule has 0 fully saturated rings. The number of hydrogen-bond donors (Lipinski definition) is 0. The van der Waals surface area contributed by atoms with Crippen LogP contribution in [0, 0.1) is 0 Å². The van der Waals surface area contributed by atoms with Crippen LogP contribution in [0.2, 0.25) is 0 Å². The first kappa shape index (κ1) is 37.8. The molecule has 1 aliphatic rings. The van der Waals surface area contributed by atoms with E-state index in [1.165, 1.54) is 32.7 Å². The second kappa shape index (κ2) is 16.3. The lowest BCUT2D eigenvalue weighted by Crippen LogP contribution is -2.26. The predicted octanol–water partition coefficient (Wildman–Crippen LogP) is 14.8. The van der Waals surface area contributed by atoms with Gasteiger partial charge in [0.2, 0.25) is 0 Å². The number of aromatic nitrogens is 2. The summed E-state index contributed by atoms with van der Waals surface area (Å²) in [6, 6.07) is 70.8. The van der Waals surface area contributed by atoms with Crippen LogP contribution in [0.3, 0.4) is 0 Å². The van der Waals surface area contributed by atoms with Crippen LogP contribution in [0.4, 0.5) is 0 Å². The fraction of sp³-hybridized carbons (Fsp3) is 0.105. The van der Waals surface area contributed by atoms with Crippen LogP contribution in [0.15, 0.2) is 211 Å². The maximum absolute atomic E-state index is 5.26. The Morgan fingerprint density at radius 1 is 0.443 bits per heavy atom. The van der Waals surface area contributed by atoms with Crippen LogP contribution >= 0.6 is 0 Å². The Hall–Kier alpha value is -7.43. The highest BCUT2D eigenvalue weighted by molar-refractivity contribution is 6.13. The van der Waals surface area contributed by atoms with Crippen LogP contribution in [-0.4, -0.2) is 15.8 Å². The summed E-state index contributed by atoms with van der Waals surface area (Å²) in [4.78, 5) is 15.4. The largest absolute Gasteiger partial charge is 0.454 e. The summed E-state index contributed by atoms with van der Waals surface area (Å²) in [5, 5.41) is 10.0. The van der Waals surface area contributed by atoms with Gasteiger partial charge in [-0.2, -0.15) is 0 Å². The Morgan fingerprint density at radius 2 is 0.918 bits per heavy atom. The molecule has 4 nitrogen and oxygen atoms in total. The zero-order valence-electron chi connectivity index (χ0n) is 34.4. The first-order valence-electron chi connectivity index (χ1n) is 21.3. The third kappa shape index (κ3) is 7.42. The molecule has 0 aliphatic carbocycles. The quantitative estimate of drug-likeness (QED) is 0.139. The minimum atomic E-state index is -0.173. The molecule has 0 bridgehead atoms. The number of aliphatic imine (C=N–C) groups is 1. The molecule has 0 saturated carbocycles. The van der Waals surface area contributed by atoms with Crippen molar-refractivity contribution in [2.45, 2.75) is 38.1 Å². The first-order valence-corrected chi connectivity index (χ1v) is 21.3. The summed E-state index contributed by atoms with van der Waals surface area (Å²) in [5.41, 5.74) is 11.5. The van der Waals surface area contributed by atoms with E-state index in [-0.39, 0.29) is 11.5 Å². The van der Waals surface area contributed by atoms with Gasteiger partial charge in [-0.25, -0.2) is 9.97 Å². The van der Waals surface area contributed by atoms with E-state index in [1.54, 1.807) is 0 Å². The Kier molecular flexibility index (Phi) is 10.1. The maximum Gasteiger partial charge on any atom is 0.160 e. The fourth-order valence-corrected chi connectivity index (χ4v) is 8.91. The van der Waals surface area contributed by atoms with Gasteiger partial charge in [-0.05, 0) is 86.1 Å². The zero-order valence-corrected chi connectivity index (χ0v) is 34.4. The van der Waals surface area contributed by atoms with E-state index in [9.17, 15) is 0 Å². The summed E-state index contributed by atoms with van der Waals surface area (Å²) in [7, 11) is 0. The molecular formula is C57H45N4-. The lowest BCUT2D eigenvalue weighted by Gasteiger charge is -2.35. The van der Waals surface area contributed by atoms with Crippen molar-refractivity contribution in [2.24, 2.45) is 4.99 Å². The number of amidine groups is 1. The van der Waals surface area contributed by atoms with Gasteiger partial charge in [-0.1, -0.05) is 208 Å². The smallest absolute Gasteiger partial charge is 0.160 e. The summed E-state index contributed by atoms with van der Waals surface area (Å²) < 4.78 is 0. The minimum Gasteiger partial charge on any atom is -0.454 e. The molecule has 8 aromatic carbocycles. The molecule has 9 aromatic rings. The van der Waals surface area contributed by atoms with Crippen LogP contribution in [-0.2, 0) is 5.41 Å². The van der Waals surface area contributed by atoms with E-state index >= 15 is 0 Å². The van der Waals surface area contributed by atoms with Crippen molar-refractivity contribution in [2.75, 3.05) is 0 Å². The fourth-order valence-electron chi connectivity index (χ4n) is 8.91. The average molecular weight is 786 g/mol. The maximum atomic E-state index is 5.26. The molecule has 0 radical (unpaired) electrons. The van der Waals surface area contributed by atoms with Crippen molar-refractivity contribution in [1.29, 1.82) is 0 Å². The SMILES string of the molecule is CCC(CC)(c1ccc(-c2cc(-c3ccccc3)nc(-c3ccc4ccccc4c3)n2)cc1)c1ccc(C2C=C(c3ccccc3)N=C(c3ccc4ccccc4c3)[N-]2)cc1. The van der Waals surface area contributed by atoms with Gasteiger partial charge in [-0.15, -0.1) is 0 Å². The lowest BCUT2D eigenvalue weighted by atomic mass is 9.70. The second-order valence-electron chi connectivity index (χ2n) is 15.9.